The van der Waals surface area contributed by atoms with E-state index in [1.165, 1.54) is 22.7 Å². The molecule has 1 fully saturated rings. The summed E-state index contributed by atoms with van der Waals surface area (Å²) < 4.78 is 119. The van der Waals surface area contributed by atoms with Crippen LogP contribution in [0.5, 0.6) is 5.75 Å². The summed E-state index contributed by atoms with van der Waals surface area (Å²) in [5.74, 6) is 0.603. The standard InChI is InChI=1S/C31H31F6N7O5S/c1-4-6-25-39-16(3)26-29(46)40-28(41-44(25)26)21-13-20(9-10-24(21)49-5-2)50(47,48)42-18-11-23(27(45)31(35,36)37)43(15-18)19-8-7-17(14-38)22(12-19)30(32,33)34/h7-10,12-13,18,23,27,42,45H,4-6,11,15H2,1-3H3,(H,40,41,46). The van der Waals surface area contributed by atoms with Gasteiger partial charge in [-0.15, -0.1) is 5.10 Å². The average Bonchev–Trinajstić information content (AvgIpc) is 3.59. The number of aromatic nitrogens is 4. The number of rotatable bonds is 10. The van der Waals surface area contributed by atoms with Crippen LogP contribution in [0.2, 0.25) is 0 Å². The lowest BCUT2D eigenvalue weighted by Crippen LogP contribution is -2.47. The normalized spacial score (nSPS) is 17.7. The monoisotopic (exact) mass is 727 g/mol. The van der Waals surface area contributed by atoms with Gasteiger partial charge in [0.05, 0.1) is 46.0 Å². The second-order valence-corrected chi connectivity index (χ2v) is 13.3. The van der Waals surface area contributed by atoms with Crippen LogP contribution in [0.15, 0.2) is 46.1 Å². The molecule has 3 N–H and O–H groups in total. The van der Waals surface area contributed by atoms with E-state index in [1.807, 2.05) is 6.92 Å². The van der Waals surface area contributed by atoms with Crippen molar-refractivity contribution in [2.45, 2.75) is 75.5 Å². The van der Waals surface area contributed by atoms with Crippen LogP contribution in [-0.4, -0.2) is 70.6 Å². The number of ether oxygens (including phenoxy) is 1. The van der Waals surface area contributed by atoms with Gasteiger partial charge >= 0.3 is 12.4 Å². The Hall–Kier alpha value is -4.67. The lowest BCUT2D eigenvalue weighted by atomic mass is 10.0. The van der Waals surface area contributed by atoms with Crippen molar-refractivity contribution >= 4 is 21.2 Å². The number of hydrogen-bond donors (Lipinski definition) is 3. The Morgan fingerprint density at radius 1 is 1.16 bits per heavy atom. The van der Waals surface area contributed by atoms with E-state index in [4.69, 9.17) is 10.00 Å². The molecule has 3 unspecified atom stereocenters. The Balaban J connectivity index is 1.53. The first-order valence-corrected chi connectivity index (χ1v) is 16.8. The highest BCUT2D eigenvalue weighted by molar-refractivity contribution is 7.89. The van der Waals surface area contributed by atoms with Gasteiger partial charge in [0, 0.05) is 24.7 Å². The number of aliphatic hydroxyl groups excluding tert-OH is 1. The number of benzene rings is 2. The Labute approximate surface area is 281 Å². The topological polar surface area (TPSA) is 166 Å². The van der Waals surface area contributed by atoms with Crippen LogP contribution in [0.4, 0.5) is 32.0 Å². The number of alkyl halides is 6. The summed E-state index contributed by atoms with van der Waals surface area (Å²) in [6, 6.07) is 4.11. The summed E-state index contributed by atoms with van der Waals surface area (Å²) >= 11 is 0. The number of halogens is 6. The van der Waals surface area contributed by atoms with Crippen molar-refractivity contribution in [2.24, 2.45) is 0 Å². The molecule has 4 aromatic rings. The number of anilines is 1. The van der Waals surface area contributed by atoms with E-state index in [1.54, 1.807) is 13.8 Å². The number of sulfonamides is 1. The largest absolute Gasteiger partial charge is 0.493 e. The third kappa shape index (κ3) is 7.13. The smallest absolute Gasteiger partial charge is 0.417 e. The van der Waals surface area contributed by atoms with Crippen LogP contribution in [0, 0.1) is 18.3 Å². The van der Waals surface area contributed by atoms with E-state index in [0.717, 1.165) is 23.1 Å². The van der Waals surface area contributed by atoms with Gasteiger partial charge in [0.25, 0.3) is 5.56 Å². The number of hydrogen-bond acceptors (Lipinski definition) is 9. The molecule has 12 nitrogen and oxygen atoms in total. The zero-order chi connectivity index (χ0) is 36.8. The number of nitriles is 1. The summed E-state index contributed by atoms with van der Waals surface area (Å²) in [7, 11) is -4.56. The molecule has 1 aliphatic rings. The fourth-order valence-electron chi connectivity index (χ4n) is 5.98. The van der Waals surface area contributed by atoms with Gasteiger partial charge in [0.1, 0.15) is 11.6 Å². The van der Waals surface area contributed by atoms with Crippen LogP contribution in [0.3, 0.4) is 0 Å². The minimum atomic E-state index is -5.20. The van der Waals surface area contributed by atoms with E-state index in [2.05, 4.69) is 19.8 Å². The van der Waals surface area contributed by atoms with Crippen molar-refractivity contribution < 1.29 is 44.6 Å². The lowest BCUT2D eigenvalue weighted by molar-refractivity contribution is -0.209. The van der Waals surface area contributed by atoms with Gasteiger partial charge < -0.3 is 19.7 Å². The van der Waals surface area contributed by atoms with Gasteiger partial charge in [-0.2, -0.15) is 31.6 Å². The minimum Gasteiger partial charge on any atom is -0.493 e. The molecular weight excluding hydrogens is 696 g/mol. The van der Waals surface area contributed by atoms with Gasteiger partial charge in [-0.25, -0.2) is 22.6 Å². The number of nitrogens with one attached hydrogen (secondary N) is 2. The van der Waals surface area contributed by atoms with Crippen molar-refractivity contribution in [1.29, 1.82) is 5.26 Å². The average molecular weight is 728 g/mol. The molecule has 2 aromatic carbocycles. The van der Waals surface area contributed by atoms with Crippen LogP contribution in [0.25, 0.3) is 16.9 Å². The van der Waals surface area contributed by atoms with E-state index >= 15 is 0 Å². The van der Waals surface area contributed by atoms with Crippen LogP contribution < -0.4 is 19.9 Å². The van der Waals surface area contributed by atoms with Crippen LogP contribution in [-0.2, 0) is 22.6 Å². The molecule has 0 amide bonds. The van der Waals surface area contributed by atoms with Crippen LogP contribution in [0.1, 0.15) is 49.3 Å². The van der Waals surface area contributed by atoms with Crippen LogP contribution >= 0.6 is 0 Å². The third-order valence-corrected chi connectivity index (χ3v) is 9.68. The number of H-pyrrole nitrogens is 1. The summed E-state index contributed by atoms with van der Waals surface area (Å²) in [5.41, 5.74) is -2.41. The molecule has 0 spiro atoms. The number of imidazole rings is 1. The Bertz CT molecular complexity index is 2130. The third-order valence-electron chi connectivity index (χ3n) is 8.16. The Morgan fingerprint density at radius 2 is 1.88 bits per heavy atom. The van der Waals surface area contributed by atoms with Crippen molar-refractivity contribution in [3.05, 3.63) is 69.4 Å². The maximum Gasteiger partial charge on any atom is 0.417 e. The van der Waals surface area contributed by atoms with Gasteiger partial charge in [0.2, 0.25) is 10.0 Å². The molecule has 268 valence electrons. The van der Waals surface area contributed by atoms with Crippen molar-refractivity contribution in [3.63, 3.8) is 0 Å². The Morgan fingerprint density at radius 3 is 2.50 bits per heavy atom. The number of aromatic amines is 1. The van der Waals surface area contributed by atoms with E-state index in [-0.39, 0.29) is 29.3 Å². The van der Waals surface area contributed by atoms with Gasteiger partial charge in [-0.05, 0) is 63.1 Å². The zero-order valence-electron chi connectivity index (χ0n) is 26.7. The highest BCUT2D eigenvalue weighted by Gasteiger charge is 2.50. The Kier molecular flexibility index (Phi) is 9.93. The SMILES string of the molecule is CCCc1nc(C)c2c(=O)[nH]c(-c3cc(S(=O)(=O)NC4CC(C(O)C(F)(F)F)N(c5ccc(C#N)c(C(F)(F)F)c5)C4)ccc3OCC)nn12. The predicted octanol–water partition coefficient (Wildman–Crippen LogP) is 4.48. The van der Waals surface area contributed by atoms with E-state index in [0.29, 0.717) is 30.4 Å². The quantitative estimate of drug-likeness (QED) is 0.200. The number of fused-ring (bicyclic) bond motifs is 1. The fourth-order valence-corrected chi connectivity index (χ4v) is 7.25. The molecule has 0 saturated carbocycles. The maximum absolute atomic E-state index is 13.7. The summed E-state index contributed by atoms with van der Waals surface area (Å²) in [5, 5.41) is 23.8. The second-order valence-electron chi connectivity index (χ2n) is 11.6. The first-order valence-electron chi connectivity index (χ1n) is 15.3. The molecule has 19 heteroatoms. The van der Waals surface area contributed by atoms with Gasteiger partial charge in [-0.3, -0.25) is 4.79 Å². The summed E-state index contributed by atoms with van der Waals surface area (Å²) in [6.07, 6.45) is -12.7. The molecule has 2 aromatic heterocycles. The lowest BCUT2D eigenvalue weighted by Gasteiger charge is -2.31. The van der Waals surface area contributed by atoms with Gasteiger partial charge in [-0.1, -0.05) is 6.92 Å². The molecule has 1 saturated heterocycles. The van der Waals surface area contributed by atoms with Gasteiger partial charge in [0.15, 0.2) is 17.4 Å². The minimum absolute atomic E-state index is 0.0561. The molecule has 3 atom stereocenters. The van der Waals surface area contributed by atoms with Crippen molar-refractivity contribution in [1.82, 2.24) is 24.3 Å². The molecule has 0 radical (unpaired) electrons. The highest BCUT2D eigenvalue weighted by Crippen LogP contribution is 2.39. The van der Waals surface area contributed by atoms with Crippen molar-refractivity contribution in [3.8, 4) is 23.2 Å². The fraction of sp³-hybridized carbons (Fsp3) is 0.419. The second kappa shape index (κ2) is 13.6. The number of aryl methyl sites for hydroxylation is 2. The maximum atomic E-state index is 13.7. The number of aliphatic hydroxyl groups is 1. The molecular formula is C31H31F6N7O5S. The molecule has 0 aliphatic carbocycles. The predicted molar refractivity (Wildman–Crippen MR) is 167 cm³/mol. The highest BCUT2D eigenvalue weighted by atomic mass is 32.2. The van der Waals surface area contributed by atoms with E-state index < -0.39 is 80.8 Å². The zero-order valence-corrected chi connectivity index (χ0v) is 27.5. The first-order chi connectivity index (χ1) is 23.4. The van der Waals surface area contributed by atoms with E-state index in [9.17, 15) is 44.7 Å². The summed E-state index contributed by atoms with van der Waals surface area (Å²) in [4.78, 5) is 20.6. The molecule has 5 rings (SSSR count). The first kappa shape index (κ1) is 36.6. The molecule has 1 aliphatic heterocycles. The molecule has 0 bridgehead atoms. The molecule has 3 heterocycles. The molecule has 50 heavy (non-hydrogen) atoms. The van der Waals surface area contributed by atoms with Crippen molar-refractivity contribution in [2.75, 3.05) is 18.1 Å². The number of nitrogens with zero attached hydrogens (tertiary/aromatic N) is 5. The summed E-state index contributed by atoms with van der Waals surface area (Å²) in [6.45, 7) is 4.83.